The first-order chi connectivity index (χ1) is 7.83. The summed E-state index contributed by atoms with van der Waals surface area (Å²) >= 11 is 0. The van der Waals surface area contributed by atoms with Gasteiger partial charge in [-0.3, -0.25) is 0 Å². The van der Waals surface area contributed by atoms with Crippen LogP contribution < -0.4 is 16.3 Å². The fourth-order valence-corrected chi connectivity index (χ4v) is 1.88. The molecule has 0 aliphatic carbocycles. The molecule has 1 aliphatic rings. The summed E-state index contributed by atoms with van der Waals surface area (Å²) in [5, 5.41) is 12.8. The summed E-state index contributed by atoms with van der Waals surface area (Å²) in [7, 11) is 0. The lowest BCUT2D eigenvalue weighted by atomic mass is 10.2. The van der Waals surface area contributed by atoms with E-state index in [4.69, 9.17) is 0 Å². The first kappa shape index (κ1) is 9.34. The Morgan fingerprint density at radius 3 is 3.31 bits per heavy atom. The van der Waals surface area contributed by atoms with Gasteiger partial charge in [-0.1, -0.05) is 0 Å². The van der Waals surface area contributed by atoms with Gasteiger partial charge in [0.05, 0.1) is 0 Å². The van der Waals surface area contributed by atoms with Crippen LogP contribution in [-0.2, 0) is 0 Å². The predicted octanol–water partition coefficient (Wildman–Crippen LogP) is -0.809. The van der Waals surface area contributed by atoms with Gasteiger partial charge in [-0.2, -0.15) is 5.10 Å². The molecule has 1 atom stereocenters. The lowest BCUT2D eigenvalue weighted by Gasteiger charge is -2.11. The molecule has 0 saturated carbocycles. The van der Waals surface area contributed by atoms with Crippen LogP contribution in [0.1, 0.15) is 6.42 Å². The molecule has 0 aromatic carbocycles. The molecule has 0 radical (unpaired) electrons. The summed E-state index contributed by atoms with van der Waals surface area (Å²) in [4.78, 5) is 15.4. The highest BCUT2D eigenvalue weighted by Crippen LogP contribution is 2.09. The largest absolute Gasteiger partial charge is 0.366 e. The fourth-order valence-electron chi connectivity index (χ4n) is 1.88. The van der Waals surface area contributed by atoms with E-state index in [1.807, 2.05) is 0 Å². The second kappa shape index (κ2) is 3.60. The molecule has 3 N–H and O–H groups in total. The number of anilines is 1. The summed E-state index contributed by atoms with van der Waals surface area (Å²) in [6.45, 7) is 1.97. The van der Waals surface area contributed by atoms with Crippen molar-refractivity contribution in [3.05, 3.63) is 22.9 Å². The third-order valence-corrected chi connectivity index (χ3v) is 2.72. The number of nitrogens with one attached hydrogen (secondary N) is 3. The van der Waals surface area contributed by atoms with Gasteiger partial charge in [0.1, 0.15) is 12.1 Å². The van der Waals surface area contributed by atoms with Crippen LogP contribution in [0, 0.1) is 0 Å². The first-order valence-electron chi connectivity index (χ1n) is 5.23. The van der Waals surface area contributed by atoms with Crippen molar-refractivity contribution in [1.82, 2.24) is 24.9 Å². The standard InChI is InChI=1S/C9H12N6O/c16-9-14-13-8-3-7(11-5-15(8)9)12-6-1-2-10-4-6/h3,5-6,10,12H,1-2,4H2,(H,14,16). The lowest BCUT2D eigenvalue weighted by Crippen LogP contribution is -2.23. The summed E-state index contributed by atoms with van der Waals surface area (Å²) in [6, 6.07) is 2.16. The van der Waals surface area contributed by atoms with Crippen molar-refractivity contribution < 1.29 is 0 Å². The first-order valence-corrected chi connectivity index (χ1v) is 5.23. The Morgan fingerprint density at radius 2 is 2.50 bits per heavy atom. The zero-order valence-electron chi connectivity index (χ0n) is 8.60. The van der Waals surface area contributed by atoms with E-state index in [9.17, 15) is 4.79 Å². The number of rotatable bonds is 2. The van der Waals surface area contributed by atoms with Gasteiger partial charge in [0.15, 0.2) is 5.65 Å². The Balaban J connectivity index is 1.89. The number of aromatic amines is 1. The van der Waals surface area contributed by atoms with Crippen LogP contribution in [0.5, 0.6) is 0 Å². The molecule has 0 bridgehead atoms. The van der Waals surface area contributed by atoms with Gasteiger partial charge in [0, 0.05) is 18.7 Å². The Labute approximate surface area is 90.9 Å². The van der Waals surface area contributed by atoms with Crippen molar-refractivity contribution in [2.24, 2.45) is 0 Å². The van der Waals surface area contributed by atoms with Gasteiger partial charge in [-0.15, -0.1) is 0 Å². The van der Waals surface area contributed by atoms with Crippen LogP contribution >= 0.6 is 0 Å². The fraction of sp³-hybridized carbons (Fsp3) is 0.444. The van der Waals surface area contributed by atoms with E-state index in [-0.39, 0.29) is 5.69 Å². The monoisotopic (exact) mass is 220 g/mol. The molecule has 2 aromatic rings. The molecule has 0 spiro atoms. The van der Waals surface area contributed by atoms with E-state index in [2.05, 4.69) is 25.8 Å². The predicted molar refractivity (Wildman–Crippen MR) is 58.5 cm³/mol. The van der Waals surface area contributed by atoms with Crippen molar-refractivity contribution in [2.45, 2.75) is 12.5 Å². The number of hydrogen-bond acceptors (Lipinski definition) is 5. The molecule has 7 heteroatoms. The summed E-state index contributed by atoms with van der Waals surface area (Å²) in [5.41, 5.74) is 0.310. The van der Waals surface area contributed by atoms with Crippen LogP contribution in [0.4, 0.5) is 5.82 Å². The molecule has 7 nitrogen and oxygen atoms in total. The average molecular weight is 220 g/mol. The number of H-pyrrole nitrogens is 1. The molecule has 1 unspecified atom stereocenters. The van der Waals surface area contributed by atoms with Crippen LogP contribution in [0.15, 0.2) is 17.2 Å². The van der Waals surface area contributed by atoms with Crippen molar-refractivity contribution in [3.63, 3.8) is 0 Å². The number of hydrogen-bond donors (Lipinski definition) is 3. The number of fused-ring (bicyclic) bond motifs is 1. The Morgan fingerprint density at radius 1 is 1.56 bits per heavy atom. The Bertz CT molecular complexity index is 552. The quantitative estimate of drug-likeness (QED) is 0.616. The van der Waals surface area contributed by atoms with Crippen molar-refractivity contribution in [2.75, 3.05) is 18.4 Å². The second-order valence-electron chi connectivity index (χ2n) is 3.87. The van der Waals surface area contributed by atoms with Crippen molar-refractivity contribution in [1.29, 1.82) is 0 Å². The van der Waals surface area contributed by atoms with Gasteiger partial charge in [-0.05, 0) is 13.0 Å². The van der Waals surface area contributed by atoms with E-state index >= 15 is 0 Å². The molecular weight excluding hydrogens is 208 g/mol. The highest BCUT2D eigenvalue weighted by Gasteiger charge is 2.14. The zero-order chi connectivity index (χ0) is 11.0. The van der Waals surface area contributed by atoms with Gasteiger partial charge >= 0.3 is 5.69 Å². The minimum absolute atomic E-state index is 0.267. The van der Waals surface area contributed by atoms with Gasteiger partial charge in [0.25, 0.3) is 0 Å². The maximum Gasteiger partial charge on any atom is 0.348 e. The van der Waals surface area contributed by atoms with Crippen LogP contribution in [0.25, 0.3) is 5.65 Å². The topological polar surface area (TPSA) is 87.1 Å². The van der Waals surface area contributed by atoms with Crippen LogP contribution in [-0.4, -0.2) is 38.7 Å². The second-order valence-corrected chi connectivity index (χ2v) is 3.87. The van der Waals surface area contributed by atoms with Crippen molar-refractivity contribution in [3.8, 4) is 0 Å². The molecule has 16 heavy (non-hydrogen) atoms. The number of aromatic nitrogens is 4. The molecule has 84 valence electrons. The normalized spacial score (nSPS) is 20.4. The molecule has 1 saturated heterocycles. The zero-order valence-corrected chi connectivity index (χ0v) is 8.60. The maximum absolute atomic E-state index is 11.2. The third kappa shape index (κ3) is 1.54. The molecule has 0 amide bonds. The van der Waals surface area contributed by atoms with E-state index in [1.54, 1.807) is 6.07 Å². The lowest BCUT2D eigenvalue weighted by molar-refractivity contribution is 0.786. The van der Waals surface area contributed by atoms with E-state index in [0.29, 0.717) is 11.7 Å². The molecule has 3 heterocycles. The molecule has 1 fully saturated rings. The average Bonchev–Trinajstić information content (AvgIpc) is 2.90. The van der Waals surface area contributed by atoms with Crippen LogP contribution in [0.3, 0.4) is 0 Å². The van der Waals surface area contributed by atoms with Crippen LogP contribution in [0.2, 0.25) is 0 Å². The highest BCUT2D eigenvalue weighted by atomic mass is 16.1. The minimum Gasteiger partial charge on any atom is -0.366 e. The van der Waals surface area contributed by atoms with Gasteiger partial charge < -0.3 is 10.6 Å². The molecule has 3 rings (SSSR count). The summed E-state index contributed by atoms with van der Waals surface area (Å²) < 4.78 is 1.37. The third-order valence-electron chi connectivity index (χ3n) is 2.72. The summed E-state index contributed by atoms with van der Waals surface area (Å²) in [5.74, 6) is 0.750. The Hall–Kier alpha value is -1.89. The van der Waals surface area contributed by atoms with E-state index < -0.39 is 0 Å². The molecule has 2 aromatic heterocycles. The smallest absolute Gasteiger partial charge is 0.348 e. The van der Waals surface area contributed by atoms with E-state index in [1.165, 1.54) is 10.7 Å². The molecular formula is C9H12N6O. The van der Waals surface area contributed by atoms with Crippen molar-refractivity contribution >= 4 is 11.5 Å². The summed E-state index contributed by atoms with van der Waals surface area (Å²) in [6.07, 6.45) is 2.56. The number of nitrogens with zero attached hydrogens (tertiary/aromatic N) is 3. The minimum atomic E-state index is -0.267. The van der Waals surface area contributed by atoms with E-state index in [0.717, 1.165) is 25.3 Å². The molecule has 1 aliphatic heterocycles. The SMILES string of the molecule is O=c1[nH]nc2cc(NC3CCNC3)ncn12. The Kier molecular flexibility index (Phi) is 2.10. The van der Waals surface area contributed by atoms with Gasteiger partial charge in [-0.25, -0.2) is 19.3 Å². The van der Waals surface area contributed by atoms with Gasteiger partial charge in [0.2, 0.25) is 0 Å². The highest BCUT2D eigenvalue weighted by molar-refractivity contribution is 5.48. The maximum atomic E-state index is 11.2.